The van der Waals surface area contributed by atoms with Crippen LogP contribution in [0.1, 0.15) is 23.7 Å². The average Bonchev–Trinajstić information content (AvgIpc) is 3.47. The number of aryl methyl sites for hydroxylation is 2. The normalized spacial score (nSPS) is 11.2. The third-order valence-corrected chi connectivity index (χ3v) is 6.71. The predicted molar refractivity (Wildman–Crippen MR) is 130 cm³/mol. The molecule has 0 spiro atoms. The van der Waals surface area contributed by atoms with Crippen molar-refractivity contribution in [3.05, 3.63) is 76.2 Å². The molecule has 0 amide bonds. The van der Waals surface area contributed by atoms with E-state index in [1.54, 1.807) is 0 Å². The summed E-state index contributed by atoms with van der Waals surface area (Å²) < 4.78 is 4.65. The number of nitrogens with zero attached hydrogens (tertiary/aromatic N) is 4. The smallest absolute Gasteiger partial charge is 0.370 e. The lowest BCUT2D eigenvalue weighted by molar-refractivity contribution is 0.388. The van der Waals surface area contributed by atoms with Crippen molar-refractivity contribution in [2.45, 2.75) is 26.7 Å². The van der Waals surface area contributed by atoms with Crippen LogP contribution in [-0.2, 0) is 12.8 Å². The first kappa shape index (κ1) is 21.0. The van der Waals surface area contributed by atoms with Gasteiger partial charge in [-0.25, -0.2) is 19.7 Å². The Morgan fingerprint density at radius 2 is 2.03 bits per heavy atom. The molecule has 0 radical (unpaired) electrons. The molecule has 2 N–H and O–H groups in total. The fraction of sp³-hybridized carbons (Fsp3) is 0.208. The van der Waals surface area contributed by atoms with Crippen LogP contribution in [0.5, 0.6) is 0 Å². The summed E-state index contributed by atoms with van der Waals surface area (Å²) in [6.07, 6.45) is 3.11. The van der Waals surface area contributed by atoms with E-state index < -0.39 is 5.76 Å². The van der Waals surface area contributed by atoms with E-state index >= 15 is 0 Å². The van der Waals surface area contributed by atoms with Gasteiger partial charge in [-0.2, -0.15) is 0 Å². The second kappa shape index (κ2) is 8.95. The van der Waals surface area contributed by atoms with Gasteiger partial charge in [0.1, 0.15) is 22.8 Å². The highest BCUT2D eigenvalue weighted by atomic mass is 32.1. The highest BCUT2D eigenvalue weighted by Crippen LogP contribution is 2.33. The molecule has 166 valence electrons. The molecule has 0 saturated heterocycles. The number of H-pyrrole nitrogens is 1. The quantitative estimate of drug-likeness (QED) is 0.366. The molecular formula is C24H22N6O2S. The van der Waals surface area contributed by atoms with Gasteiger partial charge in [-0.1, -0.05) is 48.5 Å². The summed E-state index contributed by atoms with van der Waals surface area (Å²) in [6, 6.07) is 14.7. The second-order valence-corrected chi connectivity index (χ2v) is 8.63. The van der Waals surface area contributed by atoms with Crippen molar-refractivity contribution in [1.29, 1.82) is 0 Å². The fourth-order valence-corrected chi connectivity index (χ4v) is 4.91. The summed E-state index contributed by atoms with van der Waals surface area (Å²) >= 11 is 1.41. The summed E-state index contributed by atoms with van der Waals surface area (Å²) in [6.45, 7) is 4.93. The molecule has 2 aromatic carbocycles. The Bertz CT molecular complexity index is 1490. The van der Waals surface area contributed by atoms with Gasteiger partial charge in [0, 0.05) is 12.6 Å². The van der Waals surface area contributed by atoms with Crippen LogP contribution in [0, 0.1) is 6.92 Å². The maximum absolute atomic E-state index is 11.3. The minimum Gasteiger partial charge on any atom is -0.370 e. The van der Waals surface area contributed by atoms with Gasteiger partial charge >= 0.3 is 5.76 Å². The molecule has 3 heterocycles. The van der Waals surface area contributed by atoms with Crippen molar-refractivity contribution in [1.82, 2.24) is 25.1 Å². The molecule has 0 fully saturated rings. The Labute approximate surface area is 193 Å². The first-order valence-electron chi connectivity index (χ1n) is 10.7. The summed E-state index contributed by atoms with van der Waals surface area (Å²) in [7, 11) is 0. The molecule has 0 saturated carbocycles. The first-order chi connectivity index (χ1) is 16.1. The number of rotatable bonds is 7. The third kappa shape index (κ3) is 4.27. The SMILES string of the molecule is CCc1nc(-c2cc(NCCc3ccc4ccccc4c3C)ncn2)sc1-c1noc(=O)[nH]1. The van der Waals surface area contributed by atoms with Gasteiger partial charge in [0.05, 0.1) is 10.6 Å². The number of hydrogen-bond donors (Lipinski definition) is 2. The molecule has 0 bridgehead atoms. The van der Waals surface area contributed by atoms with Crippen LogP contribution in [-0.4, -0.2) is 31.6 Å². The van der Waals surface area contributed by atoms with Gasteiger partial charge < -0.3 is 5.32 Å². The van der Waals surface area contributed by atoms with Crippen LogP contribution in [0.4, 0.5) is 5.82 Å². The van der Waals surface area contributed by atoms with Crippen LogP contribution in [0.3, 0.4) is 0 Å². The van der Waals surface area contributed by atoms with Crippen LogP contribution in [0.15, 0.2) is 58.1 Å². The van der Waals surface area contributed by atoms with E-state index in [-0.39, 0.29) is 0 Å². The zero-order chi connectivity index (χ0) is 22.8. The van der Waals surface area contributed by atoms with E-state index in [2.05, 4.69) is 73.3 Å². The summed E-state index contributed by atoms with van der Waals surface area (Å²) in [5.41, 5.74) is 4.17. The maximum Gasteiger partial charge on any atom is 0.439 e. The Kier molecular flexibility index (Phi) is 5.70. The fourth-order valence-electron chi connectivity index (χ4n) is 3.85. The summed E-state index contributed by atoms with van der Waals surface area (Å²) in [4.78, 5) is 28.2. The van der Waals surface area contributed by atoms with Crippen LogP contribution in [0.2, 0.25) is 0 Å². The Balaban J connectivity index is 1.33. The van der Waals surface area contributed by atoms with Gasteiger partial charge in [-0.3, -0.25) is 9.51 Å². The van der Waals surface area contributed by atoms with E-state index in [1.165, 1.54) is 39.6 Å². The standard InChI is InChI=1S/C24H22N6O2S/c1-3-18-21(22-29-24(31)32-30-22)33-23(28-18)19-12-20(27-13-26-19)25-11-10-15-8-9-16-6-4-5-7-17(16)14(15)2/h4-9,12-13H,3,10-11H2,1-2H3,(H,25,26,27)(H,29,30,31). The number of benzene rings is 2. The van der Waals surface area contributed by atoms with Crippen LogP contribution < -0.4 is 11.1 Å². The predicted octanol–water partition coefficient (Wildman–Crippen LogP) is 4.62. The topological polar surface area (TPSA) is 110 Å². The second-order valence-electron chi connectivity index (χ2n) is 7.63. The van der Waals surface area contributed by atoms with Crippen molar-refractivity contribution >= 4 is 27.9 Å². The van der Waals surface area contributed by atoms with Gasteiger partial charge in [-0.05, 0) is 41.7 Å². The third-order valence-electron chi connectivity index (χ3n) is 5.58. The lowest BCUT2D eigenvalue weighted by atomic mass is 9.98. The first-order valence-corrected chi connectivity index (χ1v) is 11.5. The lowest BCUT2D eigenvalue weighted by Gasteiger charge is -2.11. The van der Waals surface area contributed by atoms with Crippen LogP contribution in [0.25, 0.3) is 32.2 Å². The van der Waals surface area contributed by atoms with Crippen LogP contribution >= 0.6 is 11.3 Å². The number of hydrogen-bond acceptors (Lipinski definition) is 8. The van der Waals surface area contributed by atoms with Crippen molar-refractivity contribution in [3.63, 3.8) is 0 Å². The summed E-state index contributed by atoms with van der Waals surface area (Å²) in [5, 5.41) is 10.5. The van der Waals surface area contributed by atoms with E-state index in [0.29, 0.717) is 17.9 Å². The Hall–Kier alpha value is -3.85. The molecule has 0 aliphatic rings. The Morgan fingerprint density at radius 3 is 2.85 bits per heavy atom. The number of thiazole rings is 1. The molecule has 5 rings (SSSR count). The number of fused-ring (bicyclic) bond motifs is 1. The average molecular weight is 459 g/mol. The van der Waals surface area contributed by atoms with E-state index in [0.717, 1.165) is 34.4 Å². The van der Waals surface area contributed by atoms with E-state index in [1.807, 2.05) is 13.0 Å². The van der Waals surface area contributed by atoms with Crippen molar-refractivity contribution < 1.29 is 4.52 Å². The Morgan fingerprint density at radius 1 is 1.15 bits per heavy atom. The zero-order valence-corrected chi connectivity index (χ0v) is 19.1. The molecular weight excluding hydrogens is 436 g/mol. The molecule has 0 unspecified atom stereocenters. The highest BCUT2D eigenvalue weighted by Gasteiger charge is 2.17. The van der Waals surface area contributed by atoms with E-state index in [9.17, 15) is 4.79 Å². The molecule has 8 nitrogen and oxygen atoms in total. The van der Waals surface area contributed by atoms with Crippen molar-refractivity contribution in [3.8, 4) is 21.4 Å². The molecule has 9 heteroatoms. The van der Waals surface area contributed by atoms with Gasteiger partial charge in [0.2, 0.25) is 0 Å². The van der Waals surface area contributed by atoms with Gasteiger partial charge in [0.25, 0.3) is 0 Å². The minimum absolute atomic E-state index is 0.388. The van der Waals surface area contributed by atoms with Gasteiger partial charge in [-0.15, -0.1) is 11.3 Å². The lowest BCUT2D eigenvalue weighted by Crippen LogP contribution is -2.07. The molecule has 5 aromatic rings. The molecule has 0 aliphatic carbocycles. The maximum atomic E-state index is 11.3. The number of aromatic amines is 1. The van der Waals surface area contributed by atoms with Crippen molar-refractivity contribution in [2.24, 2.45) is 0 Å². The molecule has 33 heavy (non-hydrogen) atoms. The van der Waals surface area contributed by atoms with E-state index in [4.69, 9.17) is 4.98 Å². The monoisotopic (exact) mass is 458 g/mol. The number of aromatic nitrogens is 5. The number of nitrogens with one attached hydrogen (secondary N) is 2. The molecule has 0 aliphatic heterocycles. The number of anilines is 1. The van der Waals surface area contributed by atoms with Gasteiger partial charge in [0.15, 0.2) is 5.82 Å². The minimum atomic E-state index is -0.586. The highest BCUT2D eigenvalue weighted by molar-refractivity contribution is 7.18. The van der Waals surface area contributed by atoms with Crippen molar-refractivity contribution in [2.75, 3.05) is 11.9 Å². The molecule has 0 atom stereocenters. The molecule has 3 aromatic heterocycles. The largest absolute Gasteiger partial charge is 0.439 e. The zero-order valence-electron chi connectivity index (χ0n) is 18.3. The summed E-state index contributed by atoms with van der Waals surface area (Å²) in [5.74, 6) is 0.541.